The molecule has 0 amide bonds. The van der Waals surface area contributed by atoms with Crippen LogP contribution in [0.1, 0.15) is 16.7 Å². The molecule has 0 atom stereocenters. The highest BCUT2D eigenvalue weighted by Gasteiger charge is 2.21. The van der Waals surface area contributed by atoms with Crippen molar-refractivity contribution in [3.8, 4) is 11.1 Å². The predicted molar refractivity (Wildman–Crippen MR) is 105 cm³/mol. The van der Waals surface area contributed by atoms with Gasteiger partial charge in [-0.15, -0.1) is 0 Å². The Morgan fingerprint density at radius 3 is 1.92 bits per heavy atom. The Kier molecular flexibility index (Phi) is 4.69. The Labute approximate surface area is 154 Å². The van der Waals surface area contributed by atoms with Crippen LogP contribution in [0, 0.1) is 5.41 Å². The molecular weight excluding hydrogens is 320 g/mol. The van der Waals surface area contributed by atoms with Crippen molar-refractivity contribution in [2.75, 3.05) is 6.61 Å². The summed E-state index contributed by atoms with van der Waals surface area (Å²) in [4.78, 5) is 2.01. The molecular formula is C23H22N2O. The van der Waals surface area contributed by atoms with Gasteiger partial charge in [0.15, 0.2) is 0 Å². The molecule has 0 saturated carbocycles. The SMILES string of the molecule is N=C(OCCc1ccccc1)N1Cc2ccccc2-c2ccccc2C1. The molecule has 130 valence electrons. The molecule has 1 heterocycles. The van der Waals surface area contributed by atoms with Gasteiger partial charge in [0.05, 0.1) is 6.61 Å². The van der Waals surface area contributed by atoms with Crippen molar-refractivity contribution in [3.05, 3.63) is 95.6 Å². The van der Waals surface area contributed by atoms with E-state index < -0.39 is 0 Å². The second-order valence-electron chi connectivity index (χ2n) is 6.56. The molecule has 0 spiro atoms. The first-order valence-electron chi connectivity index (χ1n) is 8.97. The predicted octanol–water partition coefficient (Wildman–Crippen LogP) is 4.86. The van der Waals surface area contributed by atoms with Crippen molar-refractivity contribution in [3.63, 3.8) is 0 Å². The van der Waals surface area contributed by atoms with Crippen LogP contribution in [0.2, 0.25) is 0 Å². The van der Waals surface area contributed by atoms with Gasteiger partial charge in [0.25, 0.3) is 6.02 Å². The fourth-order valence-corrected chi connectivity index (χ4v) is 3.45. The van der Waals surface area contributed by atoms with Crippen LogP contribution in [-0.4, -0.2) is 17.5 Å². The zero-order valence-corrected chi connectivity index (χ0v) is 14.7. The van der Waals surface area contributed by atoms with Crippen molar-refractivity contribution >= 4 is 6.02 Å². The van der Waals surface area contributed by atoms with Crippen molar-refractivity contribution < 1.29 is 4.74 Å². The highest BCUT2D eigenvalue weighted by molar-refractivity contribution is 5.76. The van der Waals surface area contributed by atoms with Gasteiger partial charge in [-0.3, -0.25) is 5.41 Å². The molecule has 1 aliphatic heterocycles. The summed E-state index contributed by atoms with van der Waals surface area (Å²) in [5, 5.41) is 8.43. The number of fused-ring (bicyclic) bond motifs is 3. The number of ether oxygens (including phenoxy) is 1. The van der Waals surface area contributed by atoms with Crippen LogP contribution in [0.3, 0.4) is 0 Å². The minimum atomic E-state index is 0.243. The molecule has 3 aromatic carbocycles. The number of nitrogens with one attached hydrogen (secondary N) is 1. The molecule has 3 nitrogen and oxygen atoms in total. The number of hydrogen-bond acceptors (Lipinski definition) is 2. The Hall–Kier alpha value is -3.07. The summed E-state index contributed by atoms with van der Waals surface area (Å²) in [6.07, 6.45) is 0.810. The van der Waals surface area contributed by atoms with Gasteiger partial charge in [-0.05, 0) is 27.8 Å². The molecule has 0 fully saturated rings. The lowest BCUT2D eigenvalue weighted by Gasteiger charge is -2.23. The van der Waals surface area contributed by atoms with Gasteiger partial charge >= 0.3 is 0 Å². The van der Waals surface area contributed by atoms with Crippen molar-refractivity contribution in [1.29, 1.82) is 5.41 Å². The lowest BCUT2D eigenvalue weighted by Crippen LogP contribution is -2.31. The van der Waals surface area contributed by atoms with E-state index >= 15 is 0 Å². The van der Waals surface area contributed by atoms with E-state index in [2.05, 4.69) is 60.7 Å². The smallest absolute Gasteiger partial charge is 0.285 e. The topological polar surface area (TPSA) is 36.3 Å². The number of hydrogen-bond donors (Lipinski definition) is 1. The molecule has 1 aliphatic rings. The Balaban J connectivity index is 1.50. The standard InChI is InChI=1S/C23H22N2O/c24-23(26-15-14-18-8-2-1-3-9-18)25-16-19-10-4-6-12-21(19)22-13-7-5-11-20(22)17-25/h1-13,24H,14-17H2. The van der Waals surface area contributed by atoms with Crippen LogP contribution in [-0.2, 0) is 24.2 Å². The molecule has 0 radical (unpaired) electrons. The summed E-state index contributed by atoms with van der Waals surface area (Å²) in [5.74, 6) is 0. The van der Waals surface area contributed by atoms with E-state index in [1.807, 2.05) is 23.1 Å². The molecule has 0 saturated heterocycles. The second kappa shape index (κ2) is 7.44. The average molecular weight is 342 g/mol. The number of amidine groups is 1. The van der Waals surface area contributed by atoms with E-state index in [1.165, 1.54) is 27.8 Å². The van der Waals surface area contributed by atoms with Gasteiger partial charge in [0, 0.05) is 19.5 Å². The fourth-order valence-electron chi connectivity index (χ4n) is 3.45. The highest BCUT2D eigenvalue weighted by atomic mass is 16.5. The molecule has 3 heteroatoms. The summed E-state index contributed by atoms with van der Waals surface area (Å²) < 4.78 is 5.78. The molecule has 0 aliphatic carbocycles. The Morgan fingerprint density at radius 2 is 1.31 bits per heavy atom. The molecule has 26 heavy (non-hydrogen) atoms. The van der Waals surface area contributed by atoms with Crippen molar-refractivity contribution in [1.82, 2.24) is 4.90 Å². The third-order valence-corrected chi connectivity index (χ3v) is 4.81. The first-order valence-corrected chi connectivity index (χ1v) is 8.97. The summed E-state index contributed by atoms with van der Waals surface area (Å²) in [5.41, 5.74) is 6.19. The lowest BCUT2D eigenvalue weighted by atomic mass is 9.97. The van der Waals surface area contributed by atoms with Gasteiger partial charge in [-0.1, -0.05) is 78.9 Å². The molecule has 0 unspecified atom stereocenters. The minimum absolute atomic E-state index is 0.243. The molecule has 0 bridgehead atoms. The summed E-state index contributed by atoms with van der Waals surface area (Å²) in [6.45, 7) is 1.90. The van der Waals surface area contributed by atoms with Gasteiger partial charge in [0.2, 0.25) is 0 Å². The average Bonchev–Trinajstić information content (AvgIpc) is 2.86. The van der Waals surface area contributed by atoms with Crippen molar-refractivity contribution in [2.45, 2.75) is 19.5 Å². The van der Waals surface area contributed by atoms with E-state index in [9.17, 15) is 0 Å². The summed E-state index contributed by atoms with van der Waals surface area (Å²) in [6, 6.07) is 27.4. The van der Waals surface area contributed by atoms with Crippen molar-refractivity contribution in [2.24, 2.45) is 0 Å². The zero-order chi connectivity index (χ0) is 17.8. The molecule has 3 aromatic rings. The fraction of sp³-hybridized carbons (Fsp3) is 0.174. The van der Waals surface area contributed by atoms with Crippen LogP contribution >= 0.6 is 0 Å². The minimum Gasteiger partial charge on any atom is -0.465 e. The monoisotopic (exact) mass is 342 g/mol. The number of rotatable bonds is 3. The second-order valence-corrected chi connectivity index (χ2v) is 6.56. The van der Waals surface area contributed by atoms with E-state index in [1.54, 1.807) is 0 Å². The molecule has 0 aromatic heterocycles. The largest absolute Gasteiger partial charge is 0.465 e. The Morgan fingerprint density at radius 1 is 0.769 bits per heavy atom. The van der Waals surface area contributed by atoms with Crippen LogP contribution in [0.4, 0.5) is 0 Å². The highest BCUT2D eigenvalue weighted by Crippen LogP contribution is 2.32. The van der Waals surface area contributed by atoms with E-state index in [0.717, 1.165) is 6.42 Å². The first-order chi connectivity index (χ1) is 12.8. The number of benzene rings is 3. The maximum Gasteiger partial charge on any atom is 0.285 e. The van der Waals surface area contributed by atoms with Gasteiger partial charge in [-0.2, -0.15) is 0 Å². The molecule has 1 N–H and O–H groups in total. The van der Waals surface area contributed by atoms with Crippen LogP contribution < -0.4 is 0 Å². The van der Waals surface area contributed by atoms with E-state index in [-0.39, 0.29) is 6.02 Å². The number of nitrogens with zero attached hydrogens (tertiary/aromatic N) is 1. The lowest BCUT2D eigenvalue weighted by molar-refractivity contribution is 0.222. The third kappa shape index (κ3) is 3.47. The normalized spacial score (nSPS) is 12.7. The summed E-state index contributed by atoms with van der Waals surface area (Å²) >= 11 is 0. The summed E-state index contributed by atoms with van der Waals surface area (Å²) in [7, 11) is 0. The third-order valence-electron chi connectivity index (χ3n) is 4.81. The van der Waals surface area contributed by atoms with E-state index in [0.29, 0.717) is 19.7 Å². The van der Waals surface area contributed by atoms with Gasteiger partial charge < -0.3 is 9.64 Å². The maximum absolute atomic E-state index is 8.43. The van der Waals surface area contributed by atoms with E-state index in [4.69, 9.17) is 10.1 Å². The van der Waals surface area contributed by atoms with Crippen LogP contribution in [0.15, 0.2) is 78.9 Å². The van der Waals surface area contributed by atoms with Gasteiger partial charge in [-0.25, -0.2) is 0 Å². The quantitative estimate of drug-likeness (QED) is 0.545. The maximum atomic E-state index is 8.43. The van der Waals surface area contributed by atoms with Crippen LogP contribution in [0.5, 0.6) is 0 Å². The van der Waals surface area contributed by atoms with Gasteiger partial charge in [0.1, 0.15) is 0 Å². The first kappa shape index (κ1) is 16.4. The molecule has 4 rings (SSSR count). The van der Waals surface area contributed by atoms with Crippen LogP contribution in [0.25, 0.3) is 11.1 Å². The Bertz CT molecular complexity index is 857. The zero-order valence-electron chi connectivity index (χ0n) is 14.7.